The number of hydrogen-bond donors (Lipinski definition) is 3. The van der Waals surface area contributed by atoms with E-state index in [1.54, 1.807) is 18.2 Å². The number of benzene rings is 2. The van der Waals surface area contributed by atoms with Crippen LogP contribution in [-0.4, -0.2) is 12.5 Å². The Hall–Kier alpha value is -2.20. The second-order valence-corrected chi connectivity index (χ2v) is 5.08. The van der Waals surface area contributed by atoms with E-state index in [4.69, 9.17) is 17.3 Å². The van der Waals surface area contributed by atoms with Gasteiger partial charge in [-0.05, 0) is 42.8 Å². The Balaban J connectivity index is 2.16. The molecule has 2 aromatic rings. The number of amides is 1. The fraction of sp³-hybridized carbons (Fsp3) is 0.188. The van der Waals surface area contributed by atoms with Crippen LogP contribution in [0.5, 0.6) is 0 Å². The Kier molecular flexibility index (Phi) is 5.06. The Morgan fingerprint density at radius 3 is 2.57 bits per heavy atom. The molecule has 21 heavy (non-hydrogen) atoms. The average molecular weight is 304 g/mol. The van der Waals surface area contributed by atoms with Crippen LogP contribution in [0.4, 0.5) is 11.4 Å². The molecule has 0 bridgehead atoms. The highest BCUT2D eigenvalue weighted by Gasteiger charge is 2.10. The maximum atomic E-state index is 12.0. The molecule has 0 fully saturated rings. The van der Waals surface area contributed by atoms with Crippen molar-refractivity contribution >= 4 is 28.9 Å². The van der Waals surface area contributed by atoms with Crippen molar-refractivity contribution in [1.82, 2.24) is 5.32 Å². The van der Waals surface area contributed by atoms with Crippen molar-refractivity contribution in [2.24, 2.45) is 0 Å². The van der Waals surface area contributed by atoms with Crippen LogP contribution < -0.4 is 16.4 Å². The van der Waals surface area contributed by atoms with E-state index >= 15 is 0 Å². The molecule has 0 saturated carbocycles. The second-order valence-electron chi connectivity index (χ2n) is 4.64. The van der Waals surface area contributed by atoms with E-state index < -0.39 is 0 Å². The summed E-state index contributed by atoms with van der Waals surface area (Å²) >= 11 is 5.86. The minimum absolute atomic E-state index is 0.115. The first kappa shape index (κ1) is 15.2. The number of carbonyl (C=O) groups excluding carboxylic acids is 1. The molecule has 4 nitrogen and oxygen atoms in total. The highest BCUT2D eigenvalue weighted by molar-refractivity contribution is 6.30. The van der Waals surface area contributed by atoms with E-state index in [2.05, 4.69) is 10.6 Å². The molecular weight excluding hydrogens is 286 g/mol. The molecule has 2 rings (SSSR count). The predicted molar refractivity (Wildman–Crippen MR) is 87.6 cm³/mol. The van der Waals surface area contributed by atoms with Crippen molar-refractivity contribution in [3.8, 4) is 0 Å². The summed E-state index contributed by atoms with van der Waals surface area (Å²) in [4.78, 5) is 12.0. The van der Waals surface area contributed by atoms with Gasteiger partial charge in [0.25, 0.3) is 5.91 Å². The highest BCUT2D eigenvalue weighted by Crippen LogP contribution is 2.20. The molecule has 0 aliphatic rings. The third-order valence-corrected chi connectivity index (χ3v) is 3.27. The van der Waals surface area contributed by atoms with E-state index in [0.29, 0.717) is 29.4 Å². The van der Waals surface area contributed by atoms with Crippen LogP contribution in [-0.2, 0) is 6.54 Å². The topological polar surface area (TPSA) is 67.2 Å². The lowest BCUT2D eigenvalue weighted by atomic mass is 10.1. The third kappa shape index (κ3) is 4.13. The fourth-order valence-corrected chi connectivity index (χ4v) is 2.09. The molecule has 0 radical (unpaired) electrons. The quantitative estimate of drug-likeness (QED) is 0.743. The molecule has 0 aliphatic heterocycles. The van der Waals surface area contributed by atoms with Crippen molar-refractivity contribution < 1.29 is 4.79 Å². The van der Waals surface area contributed by atoms with Crippen LogP contribution in [0.25, 0.3) is 0 Å². The van der Waals surface area contributed by atoms with Gasteiger partial charge in [-0.3, -0.25) is 4.79 Å². The van der Waals surface area contributed by atoms with E-state index in [-0.39, 0.29) is 5.91 Å². The lowest BCUT2D eigenvalue weighted by Gasteiger charge is -2.13. The Morgan fingerprint density at radius 2 is 1.90 bits per heavy atom. The zero-order chi connectivity index (χ0) is 15.2. The molecule has 0 spiro atoms. The lowest BCUT2D eigenvalue weighted by molar-refractivity contribution is 0.0956. The molecule has 0 aromatic heterocycles. The van der Waals surface area contributed by atoms with E-state index in [9.17, 15) is 4.79 Å². The molecule has 110 valence electrons. The minimum atomic E-state index is -0.115. The summed E-state index contributed by atoms with van der Waals surface area (Å²) in [6, 6.07) is 12.8. The molecule has 0 heterocycles. The number of halogens is 1. The van der Waals surface area contributed by atoms with Gasteiger partial charge in [0.05, 0.1) is 5.56 Å². The Bertz CT molecular complexity index is 626. The van der Waals surface area contributed by atoms with Crippen LogP contribution >= 0.6 is 11.6 Å². The van der Waals surface area contributed by atoms with Gasteiger partial charge in [0, 0.05) is 29.5 Å². The maximum Gasteiger partial charge on any atom is 0.253 e. The standard InChI is InChI=1S/C16H18ClN3O/c1-2-19-16(21)14-8-7-13(18)9-15(14)20-10-11-3-5-12(17)6-4-11/h3-9,20H,2,10,18H2,1H3,(H,19,21). The normalized spacial score (nSPS) is 10.2. The number of rotatable bonds is 5. The second kappa shape index (κ2) is 6.99. The van der Waals surface area contributed by atoms with Crippen molar-refractivity contribution in [3.63, 3.8) is 0 Å². The number of anilines is 2. The van der Waals surface area contributed by atoms with Crippen molar-refractivity contribution in [3.05, 3.63) is 58.6 Å². The number of nitrogen functional groups attached to an aromatic ring is 1. The highest BCUT2D eigenvalue weighted by atomic mass is 35.5. The first-order chi connectivity index (χ1) is 10.1. The van der Waals surface area contributed by atoms with Gasteiger partial charge in [0.15, 0.2) is 0 Å². The summed E-state index contributed by atoms with van der Waals surface area (Å²) in [5, 5.41) is 6.74. The van der Waals surface area contributed by atoms with Gasteiger partial charge >= 0.3 is 0 Å². The Morgan fingerprint density at radius 1 is 1.19 bits per heavy atom. The van der Waals surface area contributed by atoms with Crippen molar-refractivity contribution in [2.75, 3.05) is 17.6 Å². The molecule has 1 amide bonds. The molecule has 0 aliphatic carbocycles. The van der Waals surface area contributed by atoms with Gasteiger partial charge < -0.3 is 16.4 Å². The van der Waals surface area contributed by atoms with Gasteiger partial charge in [-0.25, -0.2) is 0 Å². The predicted octanol–water partition coefficient (Wildman–Crippen LogP) is 3.28. The first-order valence-electron chi connectivity index (χ1n) is 6.76. The van der Waals surface area contributed by atoms with Gasteiger partial charge in [0.2, 0.25) is 0 Å². The maximum absolute atomic E-state index is 12.0. The van der Waals surface area contributed by atoms with E-state index in [1.165, 1.54) is 0 Å². The minimum Gasteiger partial charge on any atom is -0.399 e. The summed E-state index contributed by atoms with van der Waals surface area (Å²) in [5.74, 6) is -0.115. The molecule has 0 saturated heterocycles. The van der Waals surface area contributed by atoms with Crippen molar-refractivity contribution in [2.45, 2.75) is 13.5 Å². The van der Waals surface area contributed by atoms with Gasteiger partial charge in [-0.1, -0.05) is 23.7 Å². The van der Waals surface area contributed by atoms with Gasteiger partial charge in [-0.15, -0.1) is 0 Å². The number of nitrogens with one attached hydrogen (secondary N) is 2. The van der Waals surface area contributed by atoms with E-state index in [1.807, 2.05) is 31.2 Å². The van der Waals surface area contributed by atoms with Crippen LogP contribution in [0.1, 0.15) is 22.8 Å². The molecule has 2 aromatic carbocycles. The van der Waals surface area contributed by atoms with Gasteiger partial charge in [-0.2, -0.15) is 0 Å². The summed E-state index contributed by atoms with van der Waals surface area (Å²) in [5.41, 5.74) is 8.79. The number of hydrogen-bond acceptors (Lipinski definition) is 3. The van der Waals surface area contributed by atoms with Crippen LogP contribution in [0, 0.1) is 0 Å². The molecule has 0 unspecified atom stereocenters. The van der Waals surface area contributed by atoms with Crippen LogP contribution in [0.3, 0.4) is 0 Å². The average Bonchev–Trinajstić information content (AvgIpc) is 2.47. The van der Waals surface area contributed by atoms with Gasteiger partial charge in [0.1, 0.15) is 0 Å². The zero-order valence-corrected chi connectivity index (χ0v) is 12.6. The Labute approximate surface area is 129 Å². The fourth-order valence-electron chi connectivity index (χ4n) is 1.96. The largest absolute Gasteiger partial charge is 0.399 e. The van der Waals surface area contributed by atoms with Crippen LogP contribution in [0.15, 0.2) is 42.5 Å². The lowest BCUT2D eigenvalue weighted by Crippen LogP contribution is -2.23. The zero-order valence-electron chi connectivity index (χ0n) is 11.8. The summed E-state index contributed by atoms with van der Waals surface area (Å²) < 4.78 is 0. The summed E-state index contributed by atoms with van der Waals surface area (Å²) in [6.07, 6.45) is 0. The van der Waals surface area contributed by atoms with Crippen LogP contribution in [0.2, 0.25) is 5.02 Å². The van der Waals surface area contributed by atoms with Crippen molar-refractivity contribution in [1.29, 1.82) is 0 Å². The van der Waals surface area contributed by atoms with E-state index in [0.717, 1.165) is 11.3 Å². The monoisotopic (exact) mass is 303 g/mol. The molecular formula is C16H18ClN3O. The third-order valence-electron chi connectivity index (χ3n) is 3.02. The molecule has 5 heteroatoms. The number of nitrogens with two attached hydrogens (primary N) is 1. The summed E-state index contributed by atoms with van der Waals surface area (Å²) in [6.45, 7) is 3.06. The SMILES string of the molecule is CCNC(=O)c1ccc(N)cc1NCc1ccc(Cl)cc1. The molecule has 0 atom stereocenters. The smallest absolute Gasteiger partial charge is 0.253 e. The molecule has 4 N–H and O–H groups in total. The summed E-state index contributed by atoms with van der Waals surface area (Å²) in [7, 11) is 0. The first-order valence-corrected chi connectivity index (χ1v) is 7.14. The number of carbonyl (C=O) groups is 1.